The van der Waals surface area contributed by atoms with Crippen LogP contribution in [0.5, 0.6) is 0 Å². The first-order chi connectivity index (χ1) is 9.20. The van der Waals surface area contributed by atoms with E-state index in [1.807, 2.05) is 0 Å². The highest BCUT2D eigenvalue weighted by molar-refractivity contribution is 5.18. The van der Waals surface area contributed by atoms with Crippen LogP contribution in [0.15, 0.2) is 0 Å². The van der Waals surface area contributed by atoms with Crippen molar-refractivity contribution in [3.63, 3.8) is 0 Å². The van der Waals surface area contributed by atoms with Crippen LogP contribution in [-0.2, 0) is 0 Å². The van der Waals surface area contributed by atoms with Crippen LogP contribution in [0.3, 0.4) is 0 Å². The van der Waals surface area contributed by atoms with Crippen molar-refractivity contribution in [2.24, 2.45) is 23.2 Å². The number of rotatable bonds is 0. The molecule has 6 atom stereocenters. The molecule has 0 aromatic heterocycles. The van der Waals surface area contributed by atoms with Crippen LogP contribution in [0, 0.1) is 23.2 Å². The van der Waals surface area contributed by atoms with E-state index < -0.39 is 0 Å². The zero-order chi connectivity index (χ0) is 13.0. The Labute approximate surface area is 118 Å². The maximum Gasteiger partial charge on any atom is 0.0135 e. The van der Waals surface area contributed by atoms with Gasteiger partial charge in [0.05, 0.1) is 0 Å². The molecule has 19 heavy (non-hydrogen) atoms. The molecule has 2 saturated carbocycles. The van der Waals surface area contributed by atoms with Crippen molar-refractivity contribution in [1.29, 1.82) is 0 Å². The predicted molar refractivity (Wildman–Crippen MR) is 79.1 cm³/mol. The lowest BCUT2D eigenvalue weighted by Gasteiger charge is -2.49. The molecule has 4 aliphatic rings. The molecule has 1 N–H and O–H groups in total. The molecule has 2 heteroatoms. The van der Waals surface area contributed by atoms with Gasteiger partial charge in [-0.1, -0.05) is 6.92 Å². The van der Waals surface area contributed by atoms with Gasteiger partial charge in [0.15, 0.2) is 0 Å². The summed E-state index contributed by atoms with van der Waals surface area (Å²) in [5, 5.41) is 4.06. The van der Waals surface area contributed by atoms with Gasteiger partial charge in [0.1, 0.15) is 0 Å². The van der Waals surface area contributed by atoms with E-state index in [1.165, 1.54) is 58.0 Å². The number of piperidine rings is 1. The Morgan fingerprint density at radius 3 is 2.79 bits per heavy atom. The van der Waals surface area contributed by atoms with E-state index in [0.29, 0.717) is 5.41 Å². The standard InChI is InChI=1S/C17H30N2/c1-12-9-13-11-15-14-5-3-7-19(2)8-4-6-17(13,14)16(10-12)18-15/h12-16,18H,3-11H2,1-2H3/t12-,13+,14-,15+,16+,17-/m1/s1. The minimum absolute atomic E-state index is 0.711. The van der Waals surface area contributed by atoms with Gasteiger partial charge in [0, 0.05) is 12.1 Å². The van der Waals surface area contributed by atoms with Gasteiger partial charge in [-0.15, -0.1) is 0 Å². The zero-order valence-electron chi connectivity index (χ0n) is 12.7. The van der Waals surface area contributed by atoms with E-state index >= 15 is 0 Å². The Kier molecular flexibility index (Phi) is 2.97. The van der Waals surface area contributed by atoms with Crippen LogP contribution in [0.4, 0.5) is 0 Å². The molecule has 0 amide bonds. The third-order valence-electron chi connectivity index (χ3n) is 7.07. The predicted octanol–water partition coefficient (Wildman–Crippen LogP) is 2.89. The third kappa shape index (κ3) is 1.75. The molecular weight excluding hydrogens is 232 g/mol. The molecular formula is C17H30N2. The summed E-state index contributed by atoms with van der Waals surface area (Å²) in [5.41, 5.74) is 0.711. The Hall–Kier alpha value is -0.0800. The molecule has 2 heterocycles. The maximum atomic E-state index is 4.06. The lowest BCUT2D eigenvalue weighted by Crippen LogP contribution is -2.52. The summed E-state index contributed by atoms with van der Waals surface area (Å²) in [6, 6.07) is 1.75. The number of nitrogens with zero attached hydrogens (tertiary/aromatic N) is 1. The molecule has 0 radical (unpaired) electrons. The van der Waals surface area contributed by atoms with Crippen molar-refractivity contribution in [2.45, 2.75) is 64.0 Å². The molecule has 2 aliphatic carbocycles. The lowest BCUT2D eigenvalue weighted by molar-refractivity contribution is 0.0226. The summed E-state index contributed by atoms with van der Waals surface area (Å²) in [4.78, 5) is 2.57. The molecule has 2 nitrogen and oxygen atoms in total. The van der Waals surface area contributed by atoms with Crippen LogP contribution in [0.1, 0.15) is 51.9 Å². The van der Waals surface area contributed by atoms with Gasteiger partial charge in [0.25, 0.3) is 0 Å². The number of hydrogen-bond donors (Lipinski definition) is 1. The smallest absolute Gasteiger partial charge is 0.0135 e. The minimum atomic E-state index is 0.711. The van der Waals surface area contributed by atoms with Crippen LogP contribution in [0.2, 0.25) is 0 Å². The van der Waals surface area contributed by atoms with Crippen LogP contribution < -0.4 is 5.32 Å². The minimum Gasteiger partial charge on any atom is -0.310 e. The Morgan fingerprint density at radius 1 is 1.11 bits per heavy atom. The number of nitrogens with one attached hydrogen (secondary N) is 1. The second-order valence-electron chi connectivity index (χ2n) is 8.10. The third-order valence-corrected chi connectivity index (χ3v) is 7.07. The van der Waals surface area contributed by atoms with Gasteiger partial charge >= 0.3 is 0 Å². The first-order valence-corrected chi connectivity index (χ1v) is 8.65. The van der Waals surface area contributed by atoms with Gasteiger partial charge in [-0.25, -0.2) is 0 Å². The van der Waals surface area contributed by atoms with Gasteiger partial charge < -0.3 is 10.2 Å². The van der Waals surface area contributed by atoms with E-state index in [-0.39, 0.29) is 0 Å². The monoisotopic (exact) mass is 262 g/mol. The first-order valence-electron chi connectivity index (χ1n) is 8.65. The molecule has 4 rings (SSSR count). The average Bonchev–Trinajstić information content (AvgIpc) is 2.79. The van der Waals surface area contributed by atoms with Crippen molar-refractivity contribution in [3.05, 3.63) is 0 Å². The van der Waals surface area contributed by atoms with E-state index in [9.17, 15) is 0 Å². The van der Waals surface area contributed by atoms with E-state index in [2.05, 4.69) is 24.2 Å². The fourth-order valence-electron chi connectivity index (χ4n) is 6.48. The summed E-state index contributed by atoms with van der Waals surface area (Å²) >= 11 is 0. The average molecular weight is 262 g/mol. The van der Waals surface area contributed by atoms with E-state index in [0.717, 1.165) is 29.8 Å². The van der Waals surface area contributed by atoms with E-state index in [4.69, 9.17) is 0 Å². The SMILES string of the molecule is C[C@@H]1C[C@H]2C[C@@H]3N[C@@H](C1)[C@]21CCCN(C)CCC[C@H]31. The normalized spacial score (nSPS) is 54.3. The summed E-state index contributed by atoms with van der Waals surface area (Å²) in [5.74, 6) is 3.03. The summed E-state index contributed by atoms with van der Waals surface area (Å²) in [6.45, 7) is 5.14. The summed E-state index contributed by atoms with van der Waals surface area (Å²) in [6.07, 6.45) is 10.3. The quantitative estimate of drug-likeness (QED) is 0.722. The molecule has 0 unspecified atom stereocenters. The molecule has 4 fully saturated rings. The molecule has 0 aromatic rings. The van der Waals surface area contributed by atoms with E-state index in [1.54, 1.807) is 0 Å². The fraction of sp³-hybridized carbons (Fsp3) is 1.00. The summed E-state index contributed by atoms with van der Waals surface area (Å²) < 4.78 is 0. The highest BCUT2D eigenvalue weighted by atomic mass is 15.1. The summed E-state index contributed by atoms with van der Waals surface area (Å²) in [7, 11) is 2.32. The van der Waals surface area contributed by atoms with Crippen molar-refractivity contribution in [3.8, 4) is 0 Å². The first kappa shape index (κ1) is 12.6. The molecule has 108 valence electrons. The van der Waals surface area contributed by atoms with Crippen LogP contribution >= 0.6 is 0 Å². The zero-order valence-corrected chi connectivity index (χ0v) is 12.7. The molecule has 2 bridgehead atoms. The topological polar surface area (TPSA) is 15.3 Å². The van der Waals surface area contributed by atoms with Gasteiger partial charge in [0.2, 0.25) is 0 Å². The second kappa shape index (κ2) is 4.46. The van der Waals surface area contributed by atoms with Gasteiger partial charge in [-0.3, -0.25) is 0 Å². The number of hydrogen-bond acceptors (Lipinski definition) is 2. The van der Waals surface area contributed by atoms with Crippen molar-refractivity contribution in [2.75, 3.05) is 20.1 Å². The fourth-order valence-corrected chi connectivity index (χ4v) is 6.48. The Balaban J connectivity index is 1.64. The highest BCUT2D eigenvalue weighted by Gasteiger charge is 2.64. The second-order valence-corrected chi connectivity index (χ2v) is 8.10. The lowest BCUT2D eigenvalue weighted by atomic mass is 9.57. The Morgan fingerprint density at radius 2 is 1.95 bits per heavy atom. The van der Waals surface area contributed by atoms with Crippen molar-refractivity contribution < 1.29 is 0 Å². The van der Waals surface area contributed by atoms with Gasteiger partial charge in [-0.05, 0) is 88.3 Å². The molecule has 1 spiro atoms. The highest BCUT2D eigenvalue weighted by Crippen LogP contribution is 2.64. The molecule has 2 aliphatic heterocycles. The van der Waals surface area contributed by atoms with Crippen molar-refractivity contribution in [1.82, 2.24) is 10.2 Å². The Bertz CT molecular complexity index is 337. The molecule has 2 saturated heterocycles. The van der Waals surface area contributed by atoms with Crippen LogP contribution in [-0.4, -0.2) is 37.1 Å². The van der Waals surface area contributed by atoms with Crippen molar-refractivity contribution >= 4 is 0 Å². The largest absolute Gasteiger partial charge is 0.310 e. The molecule has 0 aromatic carbocycles. The van der Waals surface area contributed by atoms with Gasteiger partial charge in [-0.2, -0.15) is 0 Å². The van der Waals surface area contributed by atoms with Crippen LogP contribution in [0.25, 0.3) is 0 Å². The maximum absolute atomic E-state index is 4.06.